The van der Waals surface area contributed by atoms with Crippen molar-refractivity contribution in [1.29, 1.82) is 0 Å². The van der Waals surface area contributed by atoms with Gasteiger partial charge < -0.3 is 33.9 Å². The number of carboxylic acid groups (broad SMARTS) is 1. The SMILES string of the molecule is CCCCCCCCCCC(CCCCCCCC)CCOC(=O)COCCOC.CCCCCCCCCCC(CCO)CCCCCCCC.COCCOCC(=O)O. The molecule has 2 unspecified atom stereocenters. The van der Waals surface area contributed by atoms with E-state index in [0.29, 0.717) is 45.6 Å². The largest absolute Gasteiger partial charge is 0.480 e. The first kappa shape index (κ1) is 64.0. The standard InChI is InChI=1S/C26H52O4.C21H44O.C5H10O4/c1-4-6-8-10-12-13-15-17-19-25(18-16-14-11-9-7-5-2)20-21-30-26(27)24-29-23-22-28-3;1-3-5-7-9-11-12-14-16-18-21(19-20-22)17-15-13-10-8-6-4-2;1-8-2-3-9-4-5(6)7/h25H,4-24H2,1-3H3;21-22H,3-20H2,1-2H3;2-4H2,1H3,(H,6,7). The fourth-order valence-corrected chi connectivity index (χ4v) is 7.59. The van der Waals surface area contributed by atoms with E-state index >= 15 is 0 Å². The Hall–Kier alpha value is -1.26. The Labute approximate surface area is 379 Å². The molecule has 0 aliphatic carbocycles. The molecule has 0 aliphatic heterocycles. The second kappa shape index (κ2) is 58.7. The Balaban J connectivity index is -0.000000944. The minimum Gasteiger partial charge on any atom is -0.480 e. The summed E-state index contributed by atoms with van der Waals surface area (Å²) in [4.78, 5) is 21.6. The molecule has 0 spiro atoms. The van der Waals surface area contributed by atoms with Crippen LogP contribution < -0.4 is 0 Å². The lowest BCUT2D eigenvalue weighted by atomic mass is 9.91. The molecule has 0 rings (SSSR count). The first-order valence-electron chi connectivity index (χ1n) is 26.0. The molecule has 0 aromatic rings. The molecule has 0 aromatic carbocycles. The van der Waals surface area contributed by atoms with Gasteiger partial charge in [0, 0.05) is 20.8 Å². The lowest BCUT2D eigenvalue weighted by molar-refractivity contribution is -0.149. The zero-order valence-electron chi connectivity index (χ0n) is 41.6. The van der Waals surface area contributed by atoms with E-state index in [0.717, 1.165) is 18.8 Å². The van der Waals surface area contributed by atoms with Gasteiger partial charge in [-0.05, 0) is 24.7 Å². The molecule has 0 heterocycles. The van der Waals surface area contributed by atoms with Gasteiger partial charge in [0.05, 0.1) is 33.0 Å². The highest BCUT2D eigenvalue weighted by molar-refractivity contribution is 5.70. The number of carbonyl (C=O) groups excluding carboxylic acids is 1. The molecule has 0 aliphatic rings. The molecule has 2 atom stereocenters. The fourth-order valence-electron chi connectivity index (χ4n) is 7.59. The monoisotopic (exact) mass is 875 g/mol. The summed E-state index contributed by atoms with van der Waals surface area (Å²) in [6, 6.07) is 0. The predicted molar refractivity (Wildman–Crippen MR) is 258 cm³/mol. The van der Waals surface area contributed by atoms with Crippen molar-refractivity contribution >= 4 is 11.9 Å². The summed E-state index contributed by atoms with van der Waals surface area (Å²) in [6.45, 7) is 11.5. The quantitative estimate of drug-likeness (QED) is 0.0455. The number of ether oxygens (including phenoxy) is 5. The van der Waals surface area contributed by atoms with E-state index in [1.54, 1.807) is 7.11 Å². The van der Waals surface area contributed by atoms with Crippen molar-refractivity contribution in [1.82, 2.24) is 0 Å². The number of aliphatic carboxylic acids is 1. The molecule has 0 amide bonds. The lowest BCUT2D eigenvalue weighted by Crippen LogP contribution is -2.16. The summed E-state index contributed by atoms with van der Waals surface area (Å²) >= 11 is 0. The van der Waals surface area contributed by atoms with Crippen LogP contribution in [0, 0.1) is 11.8 Å². The highest BCUT2D eigenvalue weighted by Gasteiger charge is 2.12. The molecule has 2 N–H and O–H groups in total. The molecule has 0 fully saturated rings. The fraction of sp³-hybridized carbons (Fsp3) is 0.962. The van der Waals surface area contributed by atoms with Gasteiger partial charge in [0.1, 0.15) is 13.2 Å². The lowest BCUT2D eigenvalue weighted by Gasteiger charge is -2.17. The number of carboxylic acids is 1. The van der Waals surface area contributed by atoms with Crippen LogP contribution in [-0.2, 0) is 33.3 Å². The number of hydrogen-bond acceptors (Lipinski definition) is 8. The number of rotatable bonds is 47. The van der Waals surface area contributed by atoms with Crippen molar-refractivity contribution in [2.24, 2.45) is 11.8 Å². The van der Waals surface area contributed by atoms with Gasteiger partial charge >= 0.3 is 11.9 Å². The third kappa shape index (κ3) is 60.9. The van der Waals surface area contributed by atoms with E-state index in [1.165, 1.54) is 213 Å². The molecule has 368 valence electrons. The number of carbonyl (C=O) groups is 2. The van der Waals surface area contributed by atoms with Crippen molar-refractivity contribution < 1.29 is 43.5 Å². The van der Waals surface area contributed by atoms with Gasteiger partial charge in [0.2, 0.25) is 0 Å². The normalized spacial score (nSPS) is 12.0. The Kier molecular flexibility index (Phi) is 61.7. The Morgan fingerprint density at radius 2 is 0.705 bits per heavy atom. The van der Waals surface area contributed by atoms with Crippen molar-refractivity contribution in [3.63, 3.8) is 0 Å². The van der Waals surface area contributed by atoms with Gasteiger partial charge in [-0.3, -0.25) is 0 Å². The van der Waals surface area contributed by atoms with Crippen LogP contribution in [0.15, 0.2) is 0 Å². The summed E-state index contributed by atoms with van der Waals surface area (Å²) in [5.41, 5.74) is 0. The van der Waals surface area contributed by atoms with Crippen LogP contribution in [0.1, 0.15) is 246 Å². The minimum absolute atomic E-state index is 0.0312. The first-order chi connectivity index (χ1) is 29.9. The minimum atomic E-state index is -0.953. The summed E-state index contributed by atoms with van der Waals surface area (Å²) < 4.78 is 24.7. The van der Waals surface area contributed by atoms with E-state index in [1.807, 2.05) is 0 Å². The number of hydrogen-bond donors (Lipinski definition) is 2. The molecular formula is C52H106O9. The highest BCUT2D eigenvalue weighted by atomic mass is 16.6. The molecule has 61 heavy (non-hydrogen) atoms. The topological polar surface area (TPSA) is 121 Å². The summed E-state index contributed by atoms with van der Waals surface area (Å²) in [7, 11) is 3.15. The van der Waals surface area contributed by atoms with E-state index in [-0.39, 0.29) is 19.2 Å². The van der Waals surface area contributed by atoms with Crippen LogP contribution in [0.25, 0.3) is 0 Å². The van der Waals surface area contributed by atoms with Gasteiger partial charge in [-0.2, -0.15) is 0 Å². The molecule has 0 saturated heterocycles. The maximum Gasteiger partial charge on any atom is 0.332 e. The molecule has 9 nitrogen and oxygen atoms in total. The average Bonchev–Trinajstić information content (AvgIpc) is 3.25. The van der Waals surface area contributed by atoms with Crippen molar-refractivity contribution in [3.8, 4) is 0 Å². The van der Waals surface area contributed by atoms with Gasteiger partial charge in [-0.15, -0.1) is 0 Å². The Bertz CT molecular complexity index is 812. The predicted octanol–water partition coefficient (Wildman–Crippen LogP) is 14.5. The summed E-state index contributed by atoms with van der Waals surface area (Å²) in [6.07, 6.45) is 46.0. The summed E-state index contributed by atoms with van der Waals surface area (Å²) in [5, 5.41) is 17.3. The summed E-state index contributed by atoms with van der Waals surface area (Å²) in [5.74, 6) is 0.275. The van der Waals surface area contributed by atoms with E-state index in [9.17, 15) is 14.7 Å². The molecule has 0 radical (unpaired) electrons. The van der Waals surface area contributed by atoms with Crippen LogP contribution >= 0.6 is 0 Å². The van der Waals surface area contributed by atoms with E-state index in [2.05, 4.69) is 37.2 Å². The highest BCUT2D eigenvalue weighted by Crippen LogP contribution is 2.23. The van der Waals surface area contributed by atoms with Gasteiger partial charge in [-0.25, -0.2) is 9.59 Å². The van der Waals surface area contributed by atoms with Crippen molar-refractivity contribution in [2.75, 3.05) is 67.1 Å². The van der Waals surface area contributed by atoms with Crippen LogP contribution in [0.2, 0.25) is 0 Å². The molecule has 9 heteroatoms. The average molecular weight is 875 g/mol. The van der Waals surface area contributed by atoms with Crippen LogP contribution in [-0.4, -0.2) is 89.2 Å². The maximum atomic E-state index is 11.8. The van der Waals surface area contributed by atoms with E-state index < -0.39 is 5.97 Å². The molecule has 0 aromatic heterocycles. The Morgan fingerprint density at radius 1 is 0.393 bits per heavy atom. The van der Waals surface area contributed by atoms with Gasteiger partial charge in [-0.1, -0.05) is 233 Å². The van der Waals surface area contributed by atoms with E-state index in [4.69, 9.17) is 19.3 Å². The third-order valence-electron chi connectivity index (χ3n) is 11.5. The van der Waals surface area contributed by atoms with Crippen LogP contribution in [0.5, 0.6) is 0 Å². The van der Waals surface area contributed by atoms with Crippen LogP contribution in [0.4, 0.5) is 0 Å². The molecule has 0 bridgehead atoms. The number of esters is 1. The Morgan fingerprint density at radius 3 is 1.02 bits per heavy atom. The second-order valence-electron chi connectivity index (χ2n) is 17.4. The van der Waals surface area contributed by atoms with Gasteiger partial charge in [0.15, 0.2) is 0 Å². The van der Waals surface area contributed by atoms with Crippen LogP contribution in [0.3, 0.4) is 0 Å². The smallest absolute Gasteiger partial charge is 0.332 e. The zero-order valence-corrected chi connectivity index (χ0v) is 41.6. The van der Waals surface area contributed by atoms with Gasteiger partial charge in [0.25, 0.3) is 0 Å². The van der Waals surface area contributed by atoms with Crippen molar-refractivity contribution in [2.45, 2.75) is 246 Å². The molecule has 0 saturated carbocycles. The number of methoxy groups -OCH3 is 2. The third-order valence-corrected chi connectivity index (χ3v) is 11.5. The number of unbranched alkanes of at least 4 members (excludes halogenated alkanes) is 24. The zero-order chi connectivity index (χ0) is 45.5. The molecular weight excluding hydrogens is 769 g/mol. The maximum absolute atomic E-state index is 11.8. The number of aliphatic hydroxyl groups is 1. The number of aliphatic hydroxyl groups excluding tert-OH is 1. The van der Waals surface area contributed by atoms with Crippen molar-refractivity contribution in [3.05, 3.63) is 0 Å². The second-order valence-corrected chi connectivity index (χ2v) is 17.4. The first-order valence-corrected chi connectivity index (χ1v) is 26.0.